The van der Waals surface area contributed by atoms with Crippen LogP contribution in [-0.4, -0.2) is 7.05 Å². The molecule has 0 atom stereocenters. The molecule has 1 N–H and O–H groups in total. The van der Waals surface area contributed by atoms with Crippen molar-refractivity contribution >= 4 is 0 Å². The van der Waals surface area contributed by atoms with Crippen LogP contribution >= 0.6 is 0 Å². The topological polar surface area (TPSA) is 21.3 Å². The van der Waals surface area contributed by atoms with Gasteiger partial charge >= 0.3 is 0 Å². The molecule has 0 aliphatic heterocycles. The molecule has 0 fully saturated rings. The first-order valence-corrected chi connectivity index (χ1v) is 6.17. The van der Waals surface area contributed by atoms with Gasteiger partial charge < -0.3 is 10.1 Å². The summed E-state index contributed by atoms with van der Waals surface area (Å²) in [5, 5.41) is 3.13. The minimum Gasteiger partial charge on any atom is -0.457 e. The first-order chi connectivity index (χ1) is 8.69. The third kappa shape index (κ3) is 3.11. The summed E-state index contributed by atoms with van der Waals surface area (Å²) in [4.78, 5) is 0. The largest absolute Gasteiger partial charge is 0.457 e. The van der Waals surface area contributed by atoms with Crippen molar-refractivity contribution < 1.29 is 4.74 Å². The molecule has 0 aliphatic rings. The molecular formula is C16H19NO. The van der Waals surface area contributed by atoms with Gasteiger partial charge in [0.05, 0.1) is 0 Å². The maximum atomic E-state index is 5.83. The first-order valence-electron chi connectivity index (χ1n) is 6.17. The molecule has 2 aromatic rings. The predicted octanol–water partition coefficient (Wildman–Crippen LogP) is 3.82. The van der Waals surface area contributed by atoms with Crippen molar-refractivity contribution in [3.8, 4) is 11.5 Å². The van der Waals surface area contributed by atoms with E-state index >= 15 is 0 Å². The molecule has 94 valence electrons. The number of ether oxygens (including phenoxy) is 1. The van der Waals surface area contributed by atoms with Crippen molar-refractivity contribution in [2.75, 3.05) is 7.05 Å². The Hall–Kier alpha value is -1.80. The Morgan fingerprint density at radius 3 is 2.17 bits per heavy atom. The highest BCUT2D eigenvalue weighted by atomic mass is 16.5. The van der Waals surface area contributed by atoms with Crippen molar-refractivity contribution in [1.29, 1.82) is 0 Å². The number of nitrogens with one attached hydrogen (secondary N) is 1. The second kappa shape index (κ2) is 5.69. The zero-order valence-corrected chi connectivity index (χ0v) is 11.2. The lowest BCUT2D eigenvalue weighted by molar-refractivity contribution is 0.482. The average molecular weight is 241 g/mol. The first kappa shape index (κ1) is 12.7. The van der Waals surface area contributed by atoms with Gasteiger partial charge in [0.2, 0.25) is 0 Å². The number of hydrogen-bond donors (Lipinski definition) is 1. The van der Waals surface area contributed by atoms with Gasteiger partial charge in [0.1, 0.15) is 11.5 Å². The van der Waals surface area contributed by atoms with Crippen molar-refractivity contribution in [2.24, 2.45) is 0 Å². The van der Waals surface area contributed by atoms with Crippen LogP contribution in [-0.2, 0) is 6.54 Å². The van der Waals surface area contributed by atoms with E-state index in [4.69, 9.17) is 4.74 Å². The number of benzene rings is 2. The Balaban J connectivity index is 2.10. The zero-order chi connectivity index (χ0) is 13.0. The molecule has 0 radical (unpaired) electrons. The summed E-state index contributed by atoms with van der Waals surface area (Å²) in [5.74, 6) is 1.76. The van der Waals surface area contributed by atoms with Gasteiger partial charge in [-0.25, -0.2) is 0 Å². The lowest BCUT2D eigenvalue weighted by Gasteiger charge is -2.08. The maximum absolute atomic E-state index is 5.83. The summed E-state index contributed by atoms with van der Waals surface area (Å²) in [6.45, 7) is 5.08. The molecule has 18 heavy (non-hydrogen) atoms. The summed E-state index contributed by atoms with van der Waals surface area (Å²) in [5.41, 5.74) is 3.79. The smallest absolute Gasteiger partial charge is 0.127 e. The van der Waals surface area contributed by atoms with E-state index in [1.54, 1.807) is 0 Å². The van der Waals surface area contributed by atoms with Crippen LogP contribution in [0, 0.1) is 13.8 Å². The highest BCUT2D eigenvalue weighted by molar-refractivity contribution is 5.37. The normalized spacial score (nSPS) is 10.4. The van der Waals surface area contributed by atoms with E-state index in [1.807, 2.05) is 25.2 Å². The van der Waals surface area contributed by atoms with Crippen molar-refractivity contribution in [3.05, 3.63) is 59.2 Å². The van der Waals surface area contributed by atoms with E-state index in [-0.39, 0.29) is 0 Å². The molecular weight excluding hydrogens is 222 g/mol. The third-order valence-corrected chi connectivity index (χ3v) is 3.02. The molecule has 0 unspecified atom stereocenters. The van der Waals surface area contributed by atoms with Gasteiger partial charge in [0, 0.05) is 6.54 Å². The average Bonchev–Trinajstić information content (AvgIpc) is 2.37. The molecule has 2 rings (SSSR count). The molecule has 0 heterocycles. The monoisotopic (exact) mass is 241 g/mol. The minimum atomic E-state index is 0.873. The van der Waals surface area contributed by atoms with Gasteiger partial charge in [-0.15, -0.1) is 0 Å². The zero-order valence-electron chi connectivity index (χ0n) is 11.2. The fraction of sp³-hybridized carbons (Fsp3) is 0.250. The van der Waals surface area contributed by atoms with Crippen LogP contribution in [0.25, 0.3) is 0 Å². The Bertz CT molecular complexity index is 517. The van der Waals surface area contributed by atoms with Crippen LogP contribution < -0.4 is 10.1 Å². The van der Waals surface area contributed by atoms with Crippen molar-refractivity contribution in [2.45, 2.75) is 20.4 Å². The summed E-state index contributed by atoms with van der Waals surface area (Å²) in [6, 6.07) is 14.3. The quantitative estimate of drug-likeness (QED) is 0.878. The standard InChI is InChI=1S/C16H19NO/c1-12-4-7-16(10-13(12)2)18-15-8-5-14(6-9-15)11-17-3/h4-10,17H,11H2,1-3H3. The Morgan fingerprint density at radius 1 is 0.889 bits per heavy atom. The lowest BCUT2D eigenvalue weighted by Crippen LogP contribution is -2.04. The molecule has 2 heteroatoms. The highest BCUT2D eigenvalue weighted by Gasteiger charge is 2.00. The molecule has 0 saturated carbocycles. The molecule has 0 aromatic heterocycles. The third-order valence-electron chi connectivity index (χ3n) is 3.02. The number of hydrogen-bond acceptors (Lipinski definition) is 2. The minimum absolute atomic E-state index is 0.873. The van der Waals surface area contributed by atoms with Crippen molar-refractivity contribution in [3.63, 3.8) is 0 Å². The Labute approximate surface area is 109 Å². The summed E-state index contributed by atoms with van der Waals surface area (Å²) in [7, 11) is 1.94. The lowest BCUT2D eigenvalue weighted by atomic mass is 10.1. The van der Waals surface area contributed by atoms with Crippen LogP contribution in [0.3, 0.4) is 0 Å². The number of aryl methyl sites for hydroxylation is 2. The van der Waals surface area contributed by atoms with E-state index in [0.717, 1.165) is 18.0 Å². The Kier molecular flexibility index (Phi) is 4.00. The fourth-order valence-electron chi connectivity index (χ4n) is 1.79. The van der Waals surface area contributed by atoms with Gasteiger partial charge in [0.25, 0.3) is 0 Å². The van der Waals surface area contributed by atoms with Gasteiger partial charge in [-0.1, -0.05) is 18.2 Å². The molecule has 0 saturated heterocycles. The second-order valence-electron chi connectivity index (χ2n) is 4.52. The van der Waals surface area contributed by atoms with Crippen LogP contribution in [0.5, 0.6) is 11.5 Å². The van der Waals surface area contributed by atoms with E-state index in [9.17, 15) is 0 Å². The summed E-state index contributed by atoms with van der Waals surface area (Å²) >= 11 is 0. The summed E-state index contributed by atoms with van der Waals surface area (Å²) < 4.78 is 5.83. The predicted molar refractivity (Wildman–Crippen MR) is 75.2 cm³/mol. The molecule has 0 aliphatic carbocycles. The molecule has 2 aromatic carbocycles. The Morgan fingerprint density at radius 2 is 1.56 bits per heavy atom. The molecule has 0 amide bonds. The van der Waals surface area contributed by atoms with Gasteiger partial charge in [-0.05, 0) is 61.9 Å². The maximum Gasteiger partial charge on any atom is 0.127 e. The van der Waals surface area contributed by atoms with E-state index in [0.29, 0.717) is 0 Å². The van der Waals surface area contributed by atoms with E-state index in [2.05, 4.69) is 43.4 Å². The van der Waals surface area contributed by atoms with E-state index in [1.165, 1.54) is 16.7 Å². The molecule has 0 bridgehead atoms. The number of rotatable bonds is 4. The second-order valence-corrected chi connectivity index (χ2v) is 4.52. The highest BCUT2D eigenvalue weighted by Crippen LogP contribution is 2.23. The van der Waals surface area contributed by atoms with E-state index < -0.39 is 0 Å². The van der Waals surface area contributed by atoms with Crippen LogP contribution in [0.1, 0.15) is 16.7 Å². The molecule has 2 nitrogen and oxygen atoms in total. The van der Waals surface area contributed by atoms with Crippen LogP contribution in [0.4, 0.5) is 0 Å². The van der Waals surface area contributed by atoms with Gasteiger partial charge in [-0.2, -0.15) is 0 Å². The molecule has 0 spiro atoms. The van der Waals surface area contributed by atoms with Gasteiger partial charge in [-0.3, -0.25) is 0 Å². The summed E-state index contributed by atoms with van der Waals surface area (Å²) in [6.07, 6.45) is 0. The SMILES string of the molecule is CNCc1ccc(Oc2ccc(C)c(C)c2)cc1. The fourth-order valence-corrected chi connectivity index (χ4v) is 1.79. The van der Waals surface area contributed by atoms with Gasteiger partial charge in [0.15, 0.2) is 0 Å². The van der Waals surface area contributed by atoms with Crippen molar-refractivity contribution in [1.82, 2.24) is 5.32 Å². The van der Waals surface area contributed by atoms with Crippen LogP contribution in [0.2, 0.25) is 0 Å². The van der Waals surface area contributed by atoms with Crippen LogP contribution in [0.15, 0.2) is 42.5 Å².